The molecule has 0 saturated carbocycles. The Morgan fingerprint density at radius 2 is 2.10 bits per heavy atom. The third kappa shape index (κ3) is 4.45. The average molecular weight is 287 g/mol. The Morgan fingerprint density at radius 1 is 1.33 bits per heavy atom. The van der Waals surface area contributed by atoms with Crippen LogP contribution in [0, 0.1) is 17.0 Å². The maximum Gasteiger partial charge on any atom is 0.290 e. The number of pyridine rings is 1. The first kappa shape index (κ1) is 14.8. The van der Waals surface area contributed by atoms with E-state index in [0.717, 1.165) is 12.2 Å². The molecule has 2 aromatic rings. The Balaban J connectivity index is 1.74. The van der Waals surface area contributed by atoms with Crippen molar-refractivity contribution in [3.05, 3.63) is 58.3 Å². The molecule has 0 fully saturated rings. The molecule has 0 amide bonds. The molecule has 1 aromatic heterocycles. The number of hydrogen-bond acceptors (Lipinski definition) is 5. The van der Waals surface area contributed by atoms with Crippen LogP contribution in [0.15, 0.2) is 42.6 Å². The molecule has 2 rings (SSSR count). The Kier molecular flexibility index (Phi) is 5.09. The third-order valence-electron chi connectivity index (χ3n) is 2.92. The van der Waals surface area contributed by atoms with Gasteiger partial charge in [0, 0.05) is 12.1 Å². The molecular formula is C15H17N3O3. The summed E-state index contributed by atoms with van der Waals surface area (Å²) in [5, 5.41) is 13.8. The molecule has 0 aliphatic heterocycles. The van der Waals surface area contributed by atoms with Gasteiger partial charge in [0.05, 0.1) is 11.5 Å². The van der Waals surface area contributed by atoms with E-state index in [1.807, 2.05) is 30.3 Å². The second kappa shape index (κ2) is 7.23. The minimum atomic E-state index is -0.431. The molecule has 0 aliphatic rings. The fourth-order valence-electron chi connectivity index (χ4n) is 1.83. The maximum atomic E-state index is 10.7. The number of anilines is 1. The number of aryl methyl sites for hydroxylation is 1. The summed E-state index contributed by atoms with van der Waals surface area (Å²) in [4.78, 5) is 14.3. The van der Waals surface area contributed by atoms with Crippen molar-refractivity contribution >= 4 is 11.5 Å². The molecule has 0 unspecified atom stereocenters. The Hall–Kier alpha value is -2.63. The summed E-state index contributed by atoms with van der Waals surface area (Å²) < 4.78 is 5.57. The fraction of sp³-hybridized carbons (Fsp3) is 0.267. The lowest BCUT2D eigenvalue weighted by molar-refractivity contribution is -0.385. The lowest BCUT2D eigenvalue weighted by Gasteiger charge is -2.08. The monoisotopic (exact) mass is 287 g/mol. The van der Waals surface area contributed by atoms with Crippen molar-refractivity contribution in [3.8, 4) is 5.75 Å². The van der Waals surface area contributed by atoms with Crippen LogP contribution in [-0.2, 0) is 0 Å². The normalized spacial score (nSPS) is 10.1. The second-order valence-electron chi connectivity index (χ2n) is 4.55. The molecular weight excluding hydrogens is 270 g/mol. The van der Waals surface area contributed by atoms with Crippen LogP contribution in [0.3, 0.4) is 0 Å². The minimum Gasteiger partial charge on any atom is -0.494 e. The number of ether oxygens (including phenoxy) is 1. The van der Waals surface area contributed by atoms with E-state index >= 15 is 0 Å². The highest BCUT2D eigenvalue weighted by atomic mass is 16.6. The van der Waals surface area contributed by atoms with E-state index in [0.29, 0.717) is 24.5 Å². The number of nitro groups is 1. The Morgan fingerprint density at radius 3 is 2.76 bits per heavy atom. The average Bonchev–Trinajstić information content (AvgIpc) is 2.47. The summed E-state index contributed by atoms with van der Waals surface area (Å²) >= 11 is 0. The van der Waals surface area contributed by atoms with Gasteiger partial charge < -0.3 is 10.1 Å². The minimum absolute atomic E-state index is 0.0351. The topological polar surface area (TPSA) is 77.3 Å². The van der Waals surface area contributed by atoms with Gasteiger partial charge >= 0.3 is 0 Å². The molecule has 0 saturated heterocycles. The summed E-state index contributed by atoms with van der Waals surface area (Å²) in [5.41, 5.74) is 0.631. The second-order valence-corrected chi connectivity index (χ2v) is 4.55. The third-order valence-corrected chi connectivity index (χ3v) is 2.92. The molecule has 1 N–H and O–H groups in total. The van der Waals surface area contributed by atoms with Gasteiger partial charge in [-0.3, -0.25) is 10.1 Å². The van der Waals surface area contributed by atoms with Gasteiger partial charge in [0.15, 0.2) is 0 Å². The van der Waals surface area contributed by atoms with Crippen LogP contribution in [0.4, 0.5) is 11.5 Å². The smallest absolute Gasteiger partial charge is 0.290 e. The van der Waals surface area contributed by atoms with E-state index in [4.69, 9.17) is 4.74 Å². The molecule has 0 aliphatic carbocycles. The number of nitrogens with one attached hydrogen (secondary N) is 1. The van der Waals surface area contributed by atoms with E-state index < -0.39 is 4.92 Å². The van der Waals surface area contributed by atoms with E-state index in [9.17, 15) is 10.1 Å². The summed E-state index contributed by atoms with van der Waals surface area (Å²) in [5.74, 6) is 1.49. The van der Waals surface area contributed by atoms with Crippen molar-refractivity contribution in [2.45, 2.75) is 13.3 Å². The van der Waals surface area contributed by atoms with Crippen molar-refractivity contribution in [3.63, 3.8) is 0 Å². The molecule has 0 radical (unpaired) electrons. The van der Waals surface area contributed by atoms with Gasteiger partial charge in [0.2, 0.25) is 0 Å². The summed E-state index contributed by atoms with van der Waals surface area (Å²) in [6, 6.07) is 11.3. The number of para-hydroxylation sites is 1. The quantitative estimate of drug-likeness (QED) is 0.481. The lowest BCUT2D eigenvalue weighted by Crippen LogP contribution is -2.08. The zero-order valence-electron chi connectivity index (χ0n) is 11.8. The van der Waals surface area contributed by atoms with Gasteiger partial charge in [-0.25, -0.2) is 4.98 Å². The molecule has 110 valence electrons. The predicted octanol–water partition coefficient (Wildman–Crippen LogP) is 3.18. The summed E-state index contributed by atoms with van der Waals surface area (Å²) in [6.45, 7) is 2.99. The van der Waals surface area contributed by atoms with Crippen LogP contribution >= 0.6 is 0 Å². The van der Waals surface area contributed by atoms with E-state index in [1.54, 1.807) is 13.0 Å². The van der Waals surface area contributed by atoms with Crippen LogP contribution in [0.5, 0.6) is 5.75 Å². The SMILES string of the molecule is Cc1cc(NCCCOc2ccccc2)ncc1[N+](=O)[O-]. The van der Waals surface area contributed by atoms with Gasteiger partial charge in [-0.1, -0.05) is 18.2 Å². The molecule has 0 spiro atoms. The van der Waals surface area contributed by atoms with Crippen LogP contribution < -0.4 is 10.1 Å². The zero-order chi connectivity index (χ0) is 15.1. The molecule has 0 atom stereocenters. The highest BCUT2D eigenvalue weighted by Crippen LogP contribution is 2.18. The van der Waals surface area contributed by atoms with Gasteiger partial charge in [-0.05, 0) is 31.5 Å². The van der Waals surface area contributed by atoms with Crippen molar-refractivity contribution in [1.82, 2.24) is 4.98 Å². The zero-order valence-corrected chi connectivity index (χ0v) is 11.8. The molecule has 6 nitrogen and oxygen atoms in total. The van der Waals surface area contributed by atoms with Gasteiger partial charge in [-0.15, -0.1) is 0 Å². The number of aromatic nitrogens is 1. The number of hydrogen-bond donors (Lipinski definition) is 1. The van der Waals surface area contributed by atoms with Crippen molar-refractivity contribution in [1.29, 1.82) is 0 Å². The van der Waals surface area contributed by atoms with Gasteiger partial charge in [-0.2, -0.15) is 0 Å². The predicted molar refractivity (Wildman–Crippen MR) is 80.7 cm³/mol. The van der Waals surface area contributed by atoms with E-state index in [-0.39, 0.29) is 5.69 Å². The van der Waals surface area contributed by atoms with Crippen LogP contribution in [0.1, 0.15) is 12.0 Å². The largest absolute Gasteiger partial charge is 0.494 e. The van der Waals surface area contributed by atoms with Crippen molar-refractivity contribution in [2.75, 3.05) is 18.5 Å². The first-order valence-electron chi connectivity index (χ1n) is 6.69. The van der Waals surface area contributed by atoms with Crippen molar-refractivity contribution in [2.24, 2.45) is 0 Å². The number of nitrogens with zero attached hydrogens (tertiary/aromatic N) is 2. The highest BCUT2D eigenvalue weighted by Gasteiger charge is 2.10. The fourth-order valence-corrected chi connectivity index (χ4v) is 1.83. The standard InChI is InChI=1S/C15H17N3O3/c1-12-10-15(17-11-14(12)18(19)20)16-8-5-9-21-13-6-3-2-4-7-13/h2-4,6-7,10-11H,5,8-9H2,1H3,(H,16,17). The van der Waals surface area contributed by atoms with Gasteiger partial charge in [0.1, 0.15) is 17.8 Å². The van der Waals surface area contributed by atoms with Gasteiger partial charge in [0.25, 0.3) is 5.69 Å². The van der Waals surface area contributed by atoms with Crippen LogP contribution in [-0.4, -0.2) is 23.1 Å². The maximum absolute atomic E-state index is 10.7. The Bertz CT molecular complexity index is 602. The molecule has 1 heterocycles. The van der Waals surface area contributed by atoms with Crippen molar-refractivity contribution < 1.29 is 9.66 Å². The molecule has 0 bridgehead atoms. The van der Waals surface area contributed by atoms with Crippen LogP contribution in [0.25, 0.3) is 0 Å². The molecule has 6 heteroatoms. The van der Waals surface area contributed by atoms with Crippen LogP contribution in [0.2, 0.25) is 0 Å². The first-order chi connectivity index (χ1) is 10.2. The molecule has 21 heavy (non-hydrogen) atoms. The summed E-state index contributed by atoms with van der Waals surface area (Å²) in [7, 11) is 0. The number of benzene rings is 1. The highest BCUT2D eigenvalue weighted by molar-refractivity contribution is 5.46. The Labute approximate surface area is 122 Å². The van der Waals surface area contributed by atoms with E-state index in [1.165, 1.54) is 6.20 Å². The van der Waals surface area contributed by atoms with E-state index in [2.05, 4.69) is 10.3 Å². The lowest BCUT2D eigenvalue weighted by atomic mass is 10.2. The molecule has 1 aromatic carbocycles. The number of rotatable bonds is 7. The first-order valence-corrected chi connectivity index (χ1v) is 6.69. The summed E-state index contributed by atoms with van der Waals surface area (Å²) in [6.07, 6.45) is 2.09.